The van der Waals surface area contributed by atoms with E-state index in [1.165, 1.54) is 12.1 Å². The molecule has 1 aliphatic rings. The minimum atomic E-state index is -3.77. The van der Waals surface area contributed by atoms with Crippen LogP contribution in [0.2, 0.25) is 0 Å². The van der Waals surface area contributed by atoms with E-state index >= 15 is 0 Å². The molecule has 1 N–H and O–H groups in total. The Hall–Kier alpha value is -2.62. The van der Waals surface area contributed by atoms with E-state index in [0.29, 0.717) is 30.2 Å². The lowest BCUT2D eigenvalue weighted by molar-refractivity contribution is 0.0150. The first-order chi connectivity index (χ1) is 15.6. The zero-order valence-corrected chi connectivity index (χ0v) is 20.6. The van der Waals surface area contributed by atoms with Crippen molar-refractivity contribution in [1.82, 2.24) is 9.80 Å². The molecule has 0 spiro atoms. The van der Waals surface area contributed by atoms with Gasteiger partial charge in [0.2, 0.25) is 0 Å². The SMILES string of the molecule is CO[C@@H]1CN(C)C(=O)c2ccc(NS(=O)(=O)c3ccccc3)cc2OC[C@@H](C)N(C)C[C@H]1C. The third-order valence-corrected chi connectivity index (χ3v) is 7.46. The maximum Gasteiger partial charge on any atom is 0.261 e. The first-order valence-electron chi connectivity index (χ1n) is 11.0. The highest BCUT2D eigenvalue weighted by Crippen LogP contribution is 2.28. The quantitative estimate of drug-likeness (QED) is 0.732. The largest absolute Gasteiger partial charge is 0.491 e. The summed E-state index contributed by atoms with van der Waals surface area (Å²) in [4.78, 5) is 17.2. The van der Waals surface area contributed by atoms with Gasteiger partial charge >= 0.3 is 0 Å². The molecule has 2 aromatic rings. The second kappa shape index (κ2) is 10.5. The van der Waals surface area contributed by atoms with Crippen LogP contribution in [0.3, 0.4) is 0 Å². The van der Waals surface area contributed by atoms with Gasteiger partial charge in [-0.3, -0.25) is 14.4 Å². The number of amides is 1. The number of carbonyl (C=O) groups excluding carboxylic acids is 1. The number of methoxy groups -OCH3 is 1. The Bertz CT molecular complexity index is 1060. The number of nitrogens with zero attached hydrogens (tertiary/aromatic N) is 2. The summed E-state index contributed by atoms with van der Waals surface area (Å²) >= 11 is 0. The van der Waals surface area contributed by atoms with E-state index in [4.69, 9.17) is 9.47 Å². The molecule has 0 bridgehead atoms. The van der Waals surface area contributed by atoms with Crippen LogP contribution in [0, 0.1) is 5.92 Å². The molecule has 1 heterocycles. The molecular formula is C24H33N3O5S. The molecule has 0 saturated heterocycles. The molecule has 0 saturated carbocycles. The topological polar surface area (TPSA) is 88.2 Å². The predicted molar refractivity (Wildman–Crippen MR) is 128 cm³/mol. The molecular weight excluding hydrogens is 442 g/mol. The second-order valence-corrected chi connectivity index (χ2v) is 10.3. The zero-order chi connectivity index (χ0) is 24.2. The third kappa shape index (κ3) is 6.04. The van der Waals surface area contributed by atoms with Crippen molar-refractivity contribution in [3.8, 4) is 5.75 Å². The smallest absolute Gasteiger partial charge is 0.261 e. The average Bonchev–Trinajstić information content (AvgIpc) is 2.80. The molecule has 0 aliphatic carbocycles. The van der Waals surface area contributed by atoms with E-state index < -0.39 is 10.0 Å². The molecule has 0 radical (unpaired) electrons. The Morgan fingerprint density at radius 3 is 2.42 bits per heavy atom. The number of fused-ring (bicyclic) bond motifs is 1. The lowest BCUT2D eigenvalue weighted by Crippen LogP contribution is -2.45. The lowest BCUT2D eigenvalue weighted by Gasteiger charge is -2.34. The van der Waals surface area contributed by atoms with Crippen molar-refractivity contribution in [3.63, 3.8) is 0 Å². The average molecular weight is 476 g/mol. The number of benzene rings is 2. The van der Waals surface area contributed by atoms with Crippen molar-refractivity contribution in [1.29, 1.82) is 0 Å². The number of hydrogen-bond acceptors (Lipinski definition) is 6. The minimum Gasteiger partial charge on any atom is -0.491 e. The van der Waals surface area contributed by atoms with Gasteiger partial charge in [0.1, 0.15) is 12.4 Å². The Labute approximate surface area is 196 Å². The monoisotopic (exact) mass is 475 g/mol. The highest BCUT2D eigenvalue weighted by Gasteiger charge is 2.27. The van der Waals surface area contributed by atoms with Crippen molar-refractivity contribution in [2.45, 2.75) is 30.9 Å². The summed E-state index contributed by atoms with van der Waals surface area (Å²) in [6.45, 7) is 5.73. The van der Waals surface area contributed by atoms with Crippen molar-refractivity contribution >= 4 is 21.6 Å². The van der Waals surface area contributed by atoms with Crippen LogP contribution >= 0.6 is 0 Å². The van der Waals surface area contributed by atoms with Gasteiger partial charge in [-0.05, 0) is 44.2 Å². The van der Waals surface area contributed by atoms with Crippen molar-refractivity contribution in [2.75, 3.05) is 45.6 Å². The summed E-state index contributed by atoms with van der Waals surface area (Å²) in [5.74, 6) is 0.340. The van der Waals surface area contributed by atoms with E-state index in [2.05, 4.69) is 23.5 Å². The maximum absolute atomic E-state index is 13.2. The fraction of sp³-hybridized carbons (Fsp3) is 0.458. The van der Waals surface area contributed by atoms with E-state index in [-0.39, 0.29) is 28.9 Å². The lowest BCUT2D eigenvalue weighted by atomic mass is 10.0. The zero-order valence-electron chi connectivity index (χ0n) is 19.8. The van der Waals surface area contributed by atoms with Crippen LogP contribution in [0.1, 0.15) is 24.2 Å². The van der Waals surface area contributed by atoms with Gasteiger partial charge < -0.3 is 14.4 Å². The van der Waals surface area contributed by atoms with E-state index in [0.717, 1.165) is 6.54 Å². The molecule has 9 heteroatoms. The van der Waals surface area contributed by atoms with Crippen LogP contribution < -0.4 is 9.46 Å². The van der Waals surface area contributed by atoms with Gasteiger partial charge in [-0.15, -0.1) is 0 Å². The van der Waals surface area contributed by atoms with E-state index in [9.17, 15) is 13.2 Å². The summed E-state index contributed by atoms with van der Waals surface area (Å²) in [6.07, 6.45) is -0.116. The molecule has 3 atom stereocenters. The molecule has 2 aromatic carbocycles. The number of anilines is 1. The molecule has 8 nitrogen and oxygen atoms in total. The van der Waals surface area contributed by atoms with Gasteiger partial charge in [0, 0.05) is 39.4 Å². The maximum atomic E-state index is 13.2. The van der Waals surface area contributed by atoms with Gasteiger partial charge in [-0.2, -0.15) is 0 Å². The molecule has 180 valence electrons. The molecule has 3 rings (SSSR count). The summed E-state index contributed by atoms with van der Waals surface area (Å²) in [5, 5.41) is 0. The van der Waals surface area contributed by atoms with Gasteiger partial charge in [-0.1, -0.05) is 25.1 Å². The number of ether oxygens (including phenoxy) is 2. The molecule has 0 unspecified atom stereocenters. The number of sulfonamides is 1. The van der Waals surface area contributed by atoms with Gasteiger partial charge in [0.15, 0.2) is 0 Å². The highest BCUT2D eigenvalue weighted by molar-refractivity contribution is 7.92. The Morgan fingerprint density at radius 1 is 1.06 bits per heavy atom. The van der Waals surface area contributed by atoms with Crippen LogP contribution in [0.25, 0.3) is 0 Å². The Kier molecular flexibility index (Phi) is 7.99. The number of hydrogen-bond donors (Lipinski definition) is 1. The van der Waals surface area contributed by atoms with Gasteiger partial charge in [-0.25, -0.2) is 8.42 Å². The number of rotatable bonds is 4. The van der Waals surface area contributed by atoms with Crippen LogP contribution in [-0.2, 0) is 14.8 Å². The second-order valence-electron chi connectivity index (χ2n) is 8.67. The molecule has 0 aromatic heterocycles. The summed E-state index contributed by atoms with van der Waals surface area (Å²) in [6, 6.07) is 12.9. The molecule has 1 amide bonds. The first-order valence-corrected chi connectivity index (χ1v) is 12.4. The van der Waals surface area contributed by atoms with Crippen LogP contribution in [0.4, 0.5) is 5.69 Å². The summed E-state index contributed by atoms with van der Waals surface area (Å²) in [7, 11) is 1.66. The van der Waals surface area contributed by atoms with Crippen molar-refractivity contribution in [2.24, 2.45) is 5.92 Å². The summed E-state index contributed by atoms with van der Waals surface area (Å²) in [5.41, 5.74) is 0.697. The van der Waals surface area contributed by atoms with Crippen LogP contribution in [-0.4, -0.2) is 77.2 Å². The Morgan fingerprint density at radius 2 is 1.76 bits per heavy atom. The minimum absolute atomic E-state index is 0.0785. The van der Waals surface area contributed by atoms with Crippen LogP contribution in [0.5, 0.6) is 5.75 Å². The number of nitrogens with one attached hydrogen (secondary N) is 1. The van der Waals surface area contributed by atoms with Gasteiger partial charge in [0.25, 0.3) is 15.9 Å². The van der Waals surface area contributed by atoms with Crippen molar-refractivity contribution < 1.29 is 22.7 Å². The number of carbonyl (C=O) groups is 1. The van der Waals surface area contributed by atoms with Gasteiger partial charge in [0.05, 0.1) is 22.3 Å². The standard InChI is InChI=1S/C24H33N3O5S/c1-17-14-26(3)18(2)16-32-22-13-19(25-33(29,30)20-9-7-6-8-10-20)11-12-21(22)24(28)27(4)15-23(17)31-5/h6-13,17-18,23,25H,14-16H2,1-5H3/t17-,18-,23-/m1/s1. The van der Waals surface area contributed by atoms with Crippen LogP contribution in [0.15, 0.2) is 53.4 Å². The normalized spacial score (nSPS) is 23.1. The fourth-order valence-corrected chi connectivity index (χ4v) is 4.90. The number of likely N-dealkylation sites (N-methyl/N-ethyl adjacent to an activating group) is 2. The third-order valence-electron chi connectivity index (χ3n) is 6.06. The van der Waals surface area contributed by atoms with E-state index in [1.807, 2.05) is 7.05 Å². The summed E-state index contributed by atoms with van der Waals surface area (Å²) < 4.78 is 39.8. The predicted octanol–water partition coefficient (Wildman–Crippen LogP) is 2.92. The highest BCUT2D eigenvalue weighted by atomic mass is 32.2. The van der Waals surface area contributed by atoms with E-state index in [1.54, 1.807) is 55.5 Å². The molecule has 33 heavy (non-hydrogen) atoms. The molecule has 0 fully saturated rings. The fourth-order valence-electron chi connectivity index (χ4n) is 3.83. The molecule has 1 aliphatic heterocycles. The first kappa shape index (κ1) is 25.0. The Balaban J connectivity index is 1.94. The van der Waals surface area contributed by atoms with Crippen molar-refractivity contribution in [3.05, 3.63) is 54.1 Å².